The van der Waals surface area contributed by atoms with E-state index in [0.717, 1.165) is 33.0 Å². The van der Waals surface area contributed by atoms with Gasteiger partial charge in [-0.25, -0.2) is 4.79 Å². The number of ether oxygens (including phenoxy) is 1. The zero-order valence-electron chi connectivity index (χ0n) is 15.1. The van der Waals surface area contributed by atoms with Crippen LogP contribution in [0, 0.1) is 0 Å². The highest BCUT2D eigenvalue weighted by molar-refractivity contribution is 8.00. The van der Waals surface area contributed by atoms with Crippen molar-refractivity contribution in [3.05, 3.63) is 94.3 Å². The van der Waals surface area contributed by atoms with E-state index in [9.17, 15) is 4.79 Å². The Kier molecular flexibility index (Phi) is 4.10. The molecular formula is C23H17NO3S. The molecule has 3 aromatic carbocycles. The lowest BCUT2D eigenvalue weighted by Gasteiger charge is -2.17. The molecule has 4 aromatic rings. The summed E-state index contributed by atoms with van der Waals surface area (Å²) in [5, 5.41) is 4.20. The van der Waals surface area contributed by atoms with Gasteiger partial charge in [-0.3, -0.25) is 0 Å². The third-order valence-electron chi connectivity index (χ3n) is 4.92. The minimum atomic E-state index is -0.317. The molecule has 4 nitrogen and oxygen atoms in total. The predicted molar refractivity (Wildman–Crippen MR) is 113 cm³/mol. The van der Waals surface area contributed by atoms with Gasteiger partial charge in [0.05, 0.1) is 29.3 Å². The molecule has 0 saturated carbocycles. The molecule has 1 N–H and O–H groups in total. The average molecular weight is 387 g/mol. The number of fused-ring (bicyclic) bond motifs is 4. The zero-order valence-corrected chi connectivity index (χ0v) is 16.0. The molecule has 5 rings (SSSR count). The fourth-order valence-electron chi connectivity index (χ4n) is 3.54. The summed E-state index contributed by atoms with van der Waals surface area (Å²) in [4.78, 5) is 14.1. The Balaban J connectivity index is 1.80. The molecule has 0 bridgehead atoms. The third kappa shape index (κ3) is 2.75. The molecule has 0 aliphatic carbocycles. The molecule has 1 atom stereocenters. The van der Waals surface area contributed by atoms with Crippen molar-refractivity contribution in [1.29, 1.82) is 0 Å². The lowest BCUT2D eigenvalue weighted by molar-refractivity contribution is 0.414. The monoisotopic (exact) mass is 387 g/mol. The Labute approximate surface area is 166 Å². The van der Waals surface area contributed by atoms with Crippen LogP contribution < -0.4 is 15.7 Å². The zero-order chi connectivity index (χ0) is 19.1. The average Bonchev–Trinajstić information content (AvgIpc) is 2.91. The maximum absolute atomic E-state index is 13.0. The van der Waals surface area contributed by atoms with Crippen LogP contribution in [0.15, 0.2) is 86.9 Å². The molecule has 0 saturated heterocycles. The van der Waals surface area contributed by atoms with E-state index in [1.54, 1.807) is 18.9 Å². The van der Waals surface area contributed by atoms with Crippen LogP contribution >= 0.6 is 11.8 Å². The van der Waals surface area contributed by atoms with Gasteiger partial charge in [-0.15, -0.1) is 11.8 Å². The second-order valence-electron chi connectivity index (χ2n) is 6.57. The number of thioether (sulfide) groups is 1. The maximum Gasteiger partial charge on any atom is 0.343 e. The number of anilines is 2. The summed E-state index contributed by atoms with van der Waals surface area (Å²) in [5.74, 6) is 0.784. The highest BCUT2D eigenvalue weighted by Crippen LogP contribution is 2.49. The summed E-state index contributed by atoms with van der Waals surface area (Å²) in [6.07, 6.45) is 0. The summed E-state index contributed by atoms with van der Waals surface area (Å²) in [7, 11) is 1.64. The van der Waals surface area contributed by atoms with E-state index in [2.05, 4.69) is 11.4 Å². The van der Waals surface area contributed by atoms with Crippen molar-refractivity contribution >= 4 is 34.1 Å². The van der Waals surface area contributed by atoms with Crippen LogP contribution in [0.25, 0.3) is 11.0 Å². The highest BCUT2D eigenvalue weighted by Gasteiger charge is 2.29. The highest BCUT2D eigenvalue weighted by atomic mass is 32.2. The Morgan fingerprint density at radius 1 is 0.964 bits per heavy atom. The summed E-state index contributed by atoms with van der Waals surface area (Å²) in [5.41, 5.74) is 3.71. The molecule has 1 aliphatic rings. The van der Waals surface area contributed by atoms with Crippen LogP contribution in [0.5, 0.6) is 5.75 Å². The van der Waals surface area contributed by atoms with Crippen molar-refractivity contribution in [3.63, 3.8) is 0 Å². The number of nitrogens with one attached hydrogen (secondary N) is 1. The lowest BCUT2D eigenvalue weighted by Crippen LogP contribution is -2.13. The number of benzene rings is 3. The summed E-state index contributed by atoms with van der Waals surface area (Å²) in [6.45, 7) is 0. The van der Waals surface area contributed by atoms with E-state index >= 15 is 0 Å². The number of rotatable bonds is 2. The fourth-order valence-corrected chi connectivity index (χ4v) is 4.83. The first kappa shape index (κ1) is 17.0. The quantitative estimate of drug-likeness (QED) is 0.445. The Morgan fingerprint density at radius 2 is 1.71 bits per heavy atom. The smallest absolute Gasteiger partial charge is 0.343 e. The van der Waals surface area contributed by atoms with Gasteiger partial charge in [0.15, 0.2) is 0 Å². The van der Waals surface area contributed by atoms with Gasteiger partial charge in [0, 0.05) is 10.3 Å². The summed E-state index contributed by atoms with van der Waals surface area (Å²) >= 11 is 1.65. The van der Waals surface area contributed by atoms with E-state index in [4.69, 9.17) is 9.15 Å². The Hall–Kier alpha value is -3.18. The first-order valence-electron chi connectivity index (χ1n) is 8.97. The van der Waals surface area contributed by atoms with Crippen molar-refractivity contribution in [2.45, 2.75) is 10.1 Å². The molecule has 0 amide bonds. The minimum Gasteiger partial charge on any atom is -0.497 e. The number of methoxy groups -OCH3 is 1. The molecule has 2 heterocycles. The van der Waals surface area contributed by atoms with E-state index in [-0.39, 0.29) is 10.9 Å². The van der Waals surface area contributed by atoms with Gasteiger partial charge in [0.2, 0.25) is 0 Å². The molecule has 138 valence electrons. The van der Waals surface area contributed by atoms with Crippen LogP contribution in [-0.2, 0) is 0 Å². The molecule has 0 radical (unpaired) electrons. The van der Waals surface area contributed by atoms with Gasteiger partial charge >= 0.3 is 5.63 Å². The second kappa shape index (κ2) is 6.77. The van der Waals surface area contributed by atoms with E-state index < -0.39 is 0 Å². The molecule has 5 heteroatoms. The maximum atomic E-state index is 13.0. The van der Waals surface area contributed by atoms with Crippen LogP contribution in [0.2, 0.25) is 0 Å². The van der Waals surface area contributed by atoms with E-state index in [1.165, 1.54) is 0 Å². The molecular weight excluding hydrogens is 370 g/mol. The SMILES string of the molecule is COc1ccc(C2Sc3ccccc3Nc3c2c(=O)oc2ccccc32)cc1. The van der Waals surface area contributed by atoms with Crippen molar-refractivity contribution in [2.75, 3.05) is 12.4 Å². The Morgan fingerprint density at radius 3 is 2.54 bits per heavy atom. The standard InChI is InChI=1S/C23H17NO3S/c1-26-15-12-10-14(11-13-15)22-20-21(24-17-7-3-5-9-19(17)28-22)16-6-2-4-8-18(16)27-23(20)25/h2-13,22,24H,1H3. The largest absolute Gasteiger partial charge is 0.497 e. The van der Waals surface area contributed by atoms with Crippen molar-refractivity contribution in [3.8, 4) is 5.75 Å². The van der Waals surface area contributed by atoms with E-state index in [1.807, 2.05) is 66.7 Å². The van der Waals surface area contributed by atoms with Gasteiger partial charge in [0.1, 0.15) is 11.3 Å². The van der Waals surface area contributed by atoms with Crippen LogP contribution in [-0.4, -0.2) is 7.11 Å². The van der Waals surface area contributed by atoms with E-state index in [0.29, 0.717) is 11.1 Å². The first-order valence-corrected chi connectivity index (χ1v) is 9.85. The van der Waals surface area contributed by atoms with Crippen molar-refractivity contribution in [2.24, 2.45) is 0 Å². The predicted octanol–water partition coefficient (Wildman–Crippen LogP) is 5.74. The van der Waals surface area contributed by atoms with Gasteiger partial charge in [-0.05, 0) is 42.0 Å². The number of para-hydroxylation sites is 2. The summed E-state index contributed by atoms with van der Waals surface area (Å²) in [6, 6.07) is 23.6. The van der Waals surface area contributed by atoms with Gasteiger partial charge in [0.25, 0.3) is 0 Å². The topological polar surface area (TPSA) is 51.5 Å². The lowest BCUT2D eigenvalue weighted by atomic mass is 10.0. The van der Waals surface area contributed by atoms with Crippen LogP contribution in [0.1, 0.15) is 16.4 Å². The second-order valence-corrected chi connectivity index (χ2v) is 7.71. The fraction of sp³-hybridized carbons (Fsp3) is 0.0870. The van der Waals surface area contributed by atoms with Gasteiger partial charge in [-0.2, -0.15) is 0 Å². The minimum absolute atomic E-state index is 0.196. The van der Waals surface area contributed by atoms with Gasteiger partial charge < -0.3 is 14.5 Å². The van der Waals surface area contributed by atoms with Crippen molar-refractivity contribution in [1.82, 2.24) is 0 Å². The molecule has 1 aromatic heterocycles. The molecule has 0 fully saturated rings. The number of hydrogen-bond acceptors (Lipinski definition) is 5. The summed E-state index contributed by atoms with van der Waals surface area (Å²) < 4.78 is 11.0. The number of hydrogen-bond donors (Lipinski definition) is 1. The van der Waals surface area contributed by atoms with Crippen LogP contribution in [0.3, 0.4) is 0 Å². The van der Waals surface area contributed by atoms with Crippen LogP contribution in [0.4, 0.5) is 11.4 Å². The van der Waals surface area contributed by atoms with Crippen molar-refractivity contribution < 1.29 is 9.15 Å². The Bertz CT molecular complexity index is 1230. The van der Waals surface area contributed by atoms with Gasteiger partial charge in [-0.1, -0.05) is 36.4 Å². The normalized spacial score (nSPS) is 15.2. The molecule has 1 unspecified atom stereocenters. The first-order chi connectivity index (χ1) is 13.7. The third-order valence-corrected chi connectivity index (χ3v) is 6.27. The molecule has 1 aliphatic heterocycles. The molecule has 0 spiro atoms. The molecule has 28 heavy (non-hydrogen) atoms.